The fourth-order valence-electron chi connectivity index (χ4n) is 5.97. The number of fused-ring (bicyclic) bond motifs is 3. The van der Waals surface area contributed by atoms with Gasteiger partial charge in [0.05, 0.1) is 43.7 Å². The summed E-state index contributed by atoms with van der Waals surface area (Å²) in [6, 6.07) is 16.3. The molecule has 0 saturated carbocycles. The Kier molecular flexibility index (Phi) is 7.24. The monoisotopic (exact) mass is 569 g/mol. The van der Waals surface area contributed by atoms with Gasteiger partial charge in [-0.1, -0.05) is 12.1 Å². The van der Waals surface area contributed by atoms with E-state index in [0.29, 0.717) is 43.4 Å². The van der Waals surface area contributed by atoms with Gasteiger partial charge in [-0.25, -0.2) is 4.98 Å². The Bertz CT molecular complexity index is 1690. The van der Waals surface area contributed by atoms with Crippen molar-refractivity contribution in [1.29, 1.82) is 0 Å². The largest absolute Gasteiger partial charge is 0.493 e. The molecule has 0 spiro atoms. The Morgan fingerprint density at radius 3 is 2.52 bits per heavy atom. The molecule has 0 bridgehead atoms. The molecular formula is C31H31N5O6. The van der Waals surface area contributed by atoms with Gasteiger partial charge in [-0.05, 0) is 66.8 Å². The smallest absolute Gasteiger partial charge is 0.308 e. The lowest BCUT2D eigenvalue weighted by atomic mass is 9.90. The van der Waals surface area contributed by atoms with Gasteiger partial charge in [0.1, 0.15) is 5.82 Å². The summed E-state index contributed by atoms with van der Waals surface area (Å²) in [4.78, 5) is 38.1. The van der Waals surface area contributed by atoms with Crippen LogP contribution in [0.4, 0.5) is 23.1 Å². The number of para-hydroxylation sites is 1. The minimum Gasteiger partial charge on any atom is -0.493 e. The van der Waals surface area contributed by atoms with Crippen LogP contribution in [0.2, 0.25) is 0 Å². The molecule has 6 rings (SSSR count). The number of carbonyl (C=O) groups excluding carboxylic acids is 1. The highest BCUT2D eigenvalue weighted by molar-refractivity contribution is 5.93. The summed E-state index contributed by atoms with van der Waals surface area (Å²) in [6.45, 7) is 3.28. The number of rotatable bonds is 8. The van der Waals surface area contributed by atoms with E-state index in [4.69, 9.17) is 24.2 Å². The molecule has 2 aliphatic rings. The number of carbonyl (C=O) groups is 1. The first-order valence-corrected chi connectivity index (χ1v) is 13.9. The normalized spacial score (nSPS) is 15.7. The third kappa shape index (κ3) is 4.80. The van der Waals surface area contributed by atoms with Crippen molar-refractivity contribution in [3.05, 3.63) is 81.4 Å². The number of hydrogen-bond donors (Lipinski definition) is 0. The molecule has 1 aromatic heterocycles. The molecule has 0 N–H and O–H groups in total. The van der Waals surface area contributed by atoms with Crippen molar-refractivity contribution >= 4 is 40.0 Å². The van der Waals surface area contributed by atoms with Crippen LogP contribution in [-0.4, -0.2) is 54.8 Å². The summed E-state index contributed by atoms with van der Waals surface area (Å²) in [5.74, 6) is 2.11. The quantitative estimate of drug-likeness (QED) is 0.157. The van der Waals surface area contributed by atoms with Crippen molar-refractivity contribution in [3.63, 3.8) is 0 Å². The number of nitro benzene ring substituents is 1. The molecule has 3 heterocycles. The fourth-order valence-corrected chi connectivity index (χ4v) is 5.97. The number of non-ortho nitro benzene ring substituents is 1. The van der Waals surface area contributed by atoms with Crippen LogP contribution in [0.1, 0.15) is 36.1 Å². The molecule has 0 radical (unpaired) electrons. The zero-order valence-electron chi connectivity index (χ0n) is 23.7. The molecule has 1 atom stereocenters. The maximum absolute atomic E-state index is 12.9. The Morgan fingerprint density at radius 2 is 1.76 bits per heavy atom. The molecule has 4 aromatic rings. The summed E-state index contributed by atoms with van der Waals surface area (Å²) in [5, 5.41) is 12.3. The lowest BCUT2D eigenvalue weighted by molar-refractivity contribution is -0.384. The van der Waals surface area contributed by atoms with Crippen molar-refractivity contribution in [2.45, 2.75) is 32.2 Å². The lowest BCUT2D eigenvalue weighted by Gasteiger charge is -2.38. The fraction of sp³-hybridized carbons (Fsp3) is 0.323. The molecule has 0 saturated heterocycles. The molecular weight excluding hydrogens is 538 g/mol. The Morgan fingerprint density at radius 1 is 1.00 bits per heavy atom. The molecule has 2 aliphatic heterocycles. The van der Waals surface area contributed by atoms with Crippen LogP contribution in [0.3, 0.4) is 0 Å². The second-order valence-corrected chi connectivity index (χ2v) is 10.2. The van der Waals surface area contributed by atoms with Gasteiger partial charge in [0.25, 0.3) is 5.69 Å². The van der Waals surface area contributed by atoms with Crippen LogP contribution in [0.25, 0.3) is 10.9 Å². The first-order chi connectivity index (χ1) is 20.4. The van der Waals surface area contributed by atoms with E-state index in [2.05, 4.69) is 9.80 Å². The van der Waals surface area contributed by atoms with E-state index in [1.807, 2.05) is 36.4 Å². The van der Waals surface area contributed by atoms with Gasteiger partial charge in [0.15, 0.2) is 11.5 Å². The Hall–Kier alpha value is -4.93. The second kappa shape index (κ2) is 11.2. The van der Waals surface area contributed by atoms with E-state index >= 15 is 0 Å². The van der Waals surface area contributed by atoms with Gasteiger partial charge in [0, 0.05) is 36.3 Å². The van der Waals surface area contributed by atoms with Crippen LogP contribution in [-0.2, 0) is 22.4 Å². The van der Waals surface area contributed by atoms with Gasteiger partial charge in [-0.2, -0.15) is 4.98 Å². The topological polar surface area (TPSA) is 120 Å². The molecule has 216 valence electrons. The van der Waals surface area contributed by atoms with Crippen molar-refractivity contribution in [2.75, 3.05) is 43.7 Å². The number of methoxy groups -OCH3 is 2. The number of hydrogen-bond acceptors (Lipinski definition) is 10. The third-order valence-corrected chi connectivity index (χ3v) is 7.92. The predicted octanol–water partition coefficient (Wildman–Crippen LogP) is 5.31. The summed E-state index contributed by atoms with van der Waals surface area (Å²) < 4.78 is 16.5. The second-order valence-electron chi connectivity index (χ2n) is 10.2. The number of anilines is 3. The number of esters is 1. The molecule has 1 unspecified atom stereocenters. The molecule has 11 nitrogen and oxygen atoms in total. The zero-order chi connectivity index (χ0) is 29.4. The van der Waals surface area contributed by atoms with Crippen molar-refractivity contribution in [1.82, 2.24) is 9.97 Å². The van der Waals surface area contributed by atoms with E-state index in [0.717, 1.165) is 39.1 Å². The van der Waals surface area contributed by atoms with E-state index < -0.39 is 6.04 Å². The minimum atomic E-state index is -0.393. The maximum Gasteiger partial charge on any atom is 0.308 e. The Balaban J connectivity index is 1.47. The van der Waals surface area contributed by atoms with Crippen molar-refractivity contribution in [2.24, 2.45) is 0 Å². The highest BCUT2D eigenvalue weighted by Gasteiger charge is 2.34. The highest BCUT2D eigenvalue weighted by Crippen LogP contribution is 2.43. The van der Waals surface area contributed by atoms with Gasteiger partial charge in [-0.3, -0.25) is 14.9 Å². The predicted molar refractivity (Wildman–Crippen MR) is 158 cm³/mol. The number of benzene rings is 3. The van der Waals surface area contributed by atoms with Crippen LogP contribution < -0.4 is 19.3 Å². The molecule has 11 heteroatoms. The van der Waals surface area contributed by atoms with Crippen LogP contribution in [0, 0.1) is 10.1 Å². The average Bonchev–Trinajstić information content (AvgIpc) is 3.43. The maximum atomic E-state index is 12.9. The summed E-state index contributed by atoms with van der Waals surface area (Å²) >= 11 is 0. The molecule has 3 aromatic carbocycles. The zero-order valence-corrected chi connectivity index (χ0v) is 23.7. The number of nitro groups is 1. The number of nitrogens with zero attached hydrogens (tertiary/aromatic N) is 5. The van der Waals surface area contributed by atoms with Crippen LogP contribution in [0.5, 0.6) is 11.5 Å². The molecule has 0 aliphatic carbocycles. The van der Waals surface area contributed by atoms with Crippen LogP contribution in [0.15, 0.2) is 54.6 Å². The molecule has 42 heavy (non-hydrogen) atoms. The highest BCUT2D eigenvalue weighted by atomic mass is 16.6. The molecule has 0 fully saturated rings. The van der Waals surface area contributed by atoms with Gasteiger partial charge >= 0.3 is 5.97 Å². The van der Waals surface area contributed by atoms with Gasteiger partial charge in [-0.15, -0.1) is 0 Å². The SMILES string of the molecule is CCOC(=O)CC1c2cc(OC)c(OC)cc2CCN1c1nc(N2CCc3cc([N+](=O)[O-])ccc32)c2ccccc2n1. The lowest BCUT2D eigenvalue weighted by Crippen LogP contribution is -2.38. The third-order valence-electron chi connectivity index (χ3n) is 7.92. The van der Waals surface area contributed by atoms with Crippen LogP contribution >= 0.6 is 0 Å². The van der Waals surface area contributed by atoms with E-state index in [1.54, 1.807) is 33.3 Å². The van der Waals surface area contributed by atoms with Gasteiger partial charge in [0.2, 0.25) is 5.95 Å². The number of ether oxygens (including phenoxy) is 3. The van der Waals surface area contributed by atoms with Crippen molar-refractivity contribution < 1.29 is 23.9 Å². The molecule has 0 amide bonds. The summed E-state index contributed by atoms with van der Waals surface area (Å²) in [6.07, 6.45) is 1.46. The van der Waals surface area contributed by atoms with E-state index in [-0.39, 0.29) is 29.6 Å². The van der Waals surface area contributed by atoms with E-state index in [1.165, 1.54) is 6.07 Å². The first-order valence-electron chi connectivity index (χ1n) is 13.9. The summed E-state index contributed by atoms with van der Waals surface area (Å²) in [5.41, 5.74) is 4.63. The van der Waals surface area contributed by atoms with Gasteiger partial charge < -0.3 is 24.0 Å². The number of aromatic nitrogens is 2. The summed E-state index contributed by atoms with van der Waals surface area (Å²) in [7, 11) is 3.20. The average molecular weight is 570 g/mol. The standard InChI is InChI=1S/C31H31N5O6/c1-4-42-29(37)18-26-23-17-28(41-3)27(40-2)16-19(23)11-14-35(26)31-32-24-8-6-5-7-22(24)30(33-31)34-13-12-20-15-21(36(38)39)9-10-25(20)34/h5-10,15-17,26H,4,11-14,18H2,1-3H3. The minimum absolute atomic E-state index is 0.0738. The van der Waals surface area contributed by atoms with E-state index in [9.17, 15) is 14.9 Å². The van der Waals surface area contributed by atoms with Crippen molar-refractivity contribution in [3.8, 4) is 11.5 Å². The first kappa shape index (κ1) is 27.3. The Labute approximate surface area is 242 Å².